The Bertz CT molecular complexity index is 1090. The molecule has 0 aliphatic carbocycles. The average Bonchev–Trinajstić information content (AvgIpc) is 3.24. The van der Waals surface area contributed by atoms with Gasteiger partial charge < -0.3 is 25.2 Å². The predicted molar refractivity (Wildman–Crippen MR) is 250 cm³/mol. The summed E-state index contributed by atoms with van der Waals surface area (Å²) in [5.41, 5.74) is 0. The van der Waals surface area contributed by atoms with E-state index in [1.807, 2.05) is 0 Å². The summed E-state index contributed by atoms with van der Waals surface area (Å²) in [6.07, 6.45) is 46.7. The van der Waals surface area contributed by atoms with Crippen molar-refractivity contribution in [3.63, 3.8) is 0 Å². The molecule has 0 radical (unpaired) electrons. The number of allylic oxidation sites excluding steroid dienone is 2. The standard InChI is InChI=1S/C49H94NO10P/c1-3-5-7-9-11-13-15-17-19-20-21-22-23-24-25-26-27-29-31-33-35-37-39-41-48(53)58-42-45(51)43-59-61(56,57)60-44-46(49(54)55)50-47(52)40-38-36-34-32-30-28-18-16-14-12-10-8-6-4-2/h16,18,45-46,51H,3-15,17,19-44H2,1-2H3,(H,50,52)(H,54,55)(H,56,57)/b18-16-. The molecule has 11 nitrogen and oxygen atoms in total. The second-order valence-electron chi connectivity index (χ2n) is 17.4. The number of hydrogen-bond donors (Lipinski definition) is 4. The number of aliphatic carboxylic acids is 1. The molecule has 61 heavy (non-hydrogen) atoms. The number of esters is 1. The van der Waals surface area contributed by atoms with Crippen LogP contribution >= 0.6 is 7.82 Å². The van der Waals surface area contributed by atoms with Crippen LogP contribution in [0.2, 0.25) is 0 Å². The molecular formula is C49H94NO10P. The maximum atomic E-state index is 12.3. The summed E-state index contributed by atoms with van der Waals surface area (Å²) in [4.78, 5) is 46.0. The quantitative estimate of drug-likeness (QED) is 0.0200. The molecule has 0 bridgehead atoms. The van der Waals surface area contributed by atoms with Gasteiger partial charge in [0.25, 0.3) is 0 Å². The number of carbonyl (C=O) groups is 3. The first kappa shape index (κ1) is 59.2. The Morgan fingerprint density at radius 1 is 0.508 bits per heavy atom. The van der Waals surface area contributed by atoms with E-state index in [-0.39, 0.29) is 12.8 Å². The fourth-order valence-electron chi connectivity index (χ4n) is 7.37. The largest absolute Gasteiger partial charge is 0.480 e. The zero-order valence-electron chi connectivity index (χ0n) is 39.2. The summed E-state index contributed by atoms with van der Waals surface area (Å²) in [5, 5.41) is 21.9. The highest BCUT2D eigenvalue weighted by atomic mass is 31.2. The number of phosphoric acid groups is 1. The van der Waals surface area contributed by atoms with Gasteiger partial charge in [-0.05, 0) is 38.5 Å². The number of carboxylic acids is 1. The number of phosphoric ester groups is 1. The van der Waals surface area contributed by atoms with E-state index in [0.717, 1.165) is 57.8 Å². The highest BCUT2D eigenvalue weighted by molar-refractivity contribution is 7.47. The fourth-order valence-corrected chi connectivity index (χ4v) is 8.14. The summed E-state index contributed by atoms with van der Waals surface area (Å²) < 4.78 is 26.9. The van der Waals surface area contributed by atoms with Crippen LogP contribution in [0.3, 0.4) is 0 Å². The maximum absolute atomic E-state index is 12.3. The molecule has 0 saturated carbocycles. The van der Waals surface area contributed by atoms with Crippen molar-refractivity contribution in [3.05, 3.63) is 12.2 Å². The zero-order chi connectivity index (χ0) is 44.9. The first-order valence-corrected chi connectivity index (χ1v) is 26.7. The van der Waals surface area contributed by atoms with Crippen molar-refractivity contribution in [3.8, 4) is 0 Å². The van der Waals surface area contributed by atoms with E-state index in [2.05, 4.69) is 31.3 Å². The summed E-state index contributed by atoms with van der Waals surface area (Å²) >= 11 is 0. The number of aliphatic hydroxyl groups excluding tert-OH is 1. The molecule has 3 atom stereocenters. The van der Waals surface area contributed by atoms with Gasteiger partial charge in [-0.25, -0.2) is 9.36 Å². The molecule has 0 rings (SSSR count). The molecule has 0 spiro atoms. The molecule has 1 amide bonds. The Hall–Kier alpha value is -1.78. The number of unbranched alkanes of at least 4 members (excludes halogenated alkanes) is 32. The number of hydrogen-bond acceptors (Lipinski definition) is 8. The molecule has 0 aromatic carbocycles. The summed E-state index contributed by atoms with van der Waals surface area (Å²) in [7, 11) is -4.76. The van der Waals surface area contributed by atoms with E-state index in [0.29, 0.717) is 12.8 Å². The first-order valence-electron chi connectivity index (χ1n) is 25.2. The molecule has 12 heteroatoms. The third-order valence-electron chi connectivity index (χ3n) is 11.3. The van der Waals surface area contributed by atoms with E-state index in [9.17, 15) is 34.1 Å². The first-order chi connectivity index (χ1) is 29.6. The van der Waals surface area contributed by atoms with Crippen molar-refractivity contribution in [1.82, 2.24) is 5.32 Å². The van der Waals surface area contributed by atoms with Gasteiger partial charge in [0.1, 0.15) is 12.7 Å². The SMILES string of the molecule is CCCCCCC/C=C\CCCCCCCC(=O)NC(COP(=O)(O)OCC(O)COC(=O)CCCCCCCCCCCCCCCCCCCCCCCCC)C(=O)O. The van der Waals surface area contributed by atoms with Gasteiger partial charge in [0.05, 0.1) is 13.2 Å². The molecule has 0 aliphatic rings. The van der Waals surface area contributed by atoms with Crippen LogP contribution in [0.1, 0.15) is 251 Å². The lowest BCUT2D eigenvalue weighted by Crippen LogP contribution is -2.43. The van der Waals surface area contributed by atoms with Crippen LogP contribution in [-0.4, -0.2) is 64.9 Å². The van der Waals surface area contributed by atoms with Crippen molar-refractivity contribution in [2.45, 2.75) is 264 Å². The molecule has 0 heterocycles. The molecule has 0 saturated heterocycles. The van der Waals surface area contributed by atoms with Gasteiger partial charge in [-0.1, -0.05) is 212 Å². The van der Waals surface area contributed by atoms with E-state index >= 15 is 0 Å². The highest BCUT2D eigenvalue weighted by Gasteiger charge is 2.28. The molecule has 4 N–H and O–H groups in total. The summed E-state index contributed by atoms with van der Waals surface area (Å²) in [6.45, 7) is 2.62. The van der Waals surface area contributed by atoms with Crippen LogP contribution in [-0.2, 0) is 32.7 Å². The lowest BCUT2D eigenvalue weighted by molar-refractivity contribution is -0.147. The van der Waals surface area contributed by atoms with Gasteiger partial charge in [-0.3, -0.25) is 18.6 Å². The van der Waals surface area contributed by atoms with Gasteiger partial charge in [-0.2, -0.15) is 0 Å². The third-order valence-corrected chi connectivity index (χ3v) is 12.3. The van der Waals surface area contributed by atoms with Crippen LogP contribution in [0.25, 0.3) is 0 Å². The van der Waals surface area contributed by atoms with Crippen LogP contribution < -0.4 is 5.32 Å². The number of rotatable bonds is 48. The van der Waals surface area contributed by atoms with Crippen LogP contribution in [0.4, 0.5) is 0 Å². The van der Waals surface area contributed by atoms with Crippen LogP contribution in [0.15, 0.2) is 12.2 Å². The second kappa shape index (κ2) is 44.8. The van der Waals surface area contributed by atoms with Gasteiger partial charge in [-0.15, -0.1) is 0 Å². The lowest BCUT2D eigenvalue weighted by Gasteiger charge is -2.18. The maximum Gasteiger partial charge on any atom is 0.472 e. The van der Waals surface area contributed by atoms with Gasteiger partial charge >= 0.3 is 19.8 Å². The highest BCUT2D eigenvalue weighted by Crippen LogP contribution is 2.43. The average molecular weight is 888 g/mol. The molecule has 3 unspecified atom stereocenters. The minimum Gasteiger partial charge on any atom is -0.480 e. The van der Waals surface area contributed by atoms with Crippen LogP contribution in [0.5, 0.6) is 0 Å². The van der Waals surface area contributed by atoms with Crippen molar-refractivity contribution in [2.75, 3.05) is 19.8 Å². The fraction of sp³-hybridized carbons (Fsp3) is 0.898. The van der Waals surface area contributed by atoms with Crippen molar-refractivity contribution < 1.29 is 47.8 Å². The zero-order valence-corrected chi connectivity index (χ0v) is 40.1. The van der Waals surface area contributed by atoms with Gasteiger partial charge in [0.2, 0.25) is 5.91 Å². The van der Waals surface area contributed by atoms with E-state index < -0.39 is 57.6 Å². The summed E-state index contributed by atoms with van der Waals surface area (Å²) in [5.74, 6) is -2.37. The minimum atomic E-state index is -4.76. The topological polar surface area (TPSA) is 169 Å². The van der Waals surface area contributed by atoms with Crippen molar-refractivity contribution in [1.29, 1.82) is 0 Å². The third kappa shape index (κ3) is 44.6. The Balaban J connectivity index is 3.76. The van der Waals surface area contributed by atoms with Crippen molar-refractivity contribution >= 4 is 25.7 Å². The number of carboxylic acid groups (broad SMARTS) is 1. The second-order valence-corrected chi connectivity index (χ2v) is 18.8. The van der Waals surface area contributed by atoms with Gasteiger partial charge in [0, 0.05) is 12.8 Å². The number of carbonyl (C=O) groups excluding carboxylic acids is 2. The Morgan fingerprint density at radius 2 is 0.852 bits per heavy atom. The van der Waals surface area contributed by atoms with Gasteiger partial charge in [0.15, 0.2) is 6.04 Å². The smallest absolute Gasteiger partial charge is 0.472 e. The number of ether oxygens (including phenoxy) is 1. The molecule has 0 aliphatic heterocycles. The summed E-state index contributed by atoms with van der Waals surface area (Å²) in [6, 6.07) is -1.55. The van der Waals surface area contributed by atoms with E-state index in [1.54, 1.807) is 0 Å². The number of nitrogens with one attached hydrogen (secondary N) is 1. The Labute approximate surface area is 373 Å². The molecule has 360 valence electrons. The van der Waals surface area contributed by atoms with E-state index in [4.69, 9.17) is 13.8 Å². The van der Waals surface area contributed by atoms with E-state index in [1.165, 1.54) is 154 Å². The lowest BCUT2D eigenvalue weighted by atomic mass is 10.0. The molecule has 0 fully saturated rings. The Kier molecular flexibility index (Phi) is 43.5. The molecule has 0 aromatic heterocycles. The number of amides is 1. The van der Waals surface area contributed by atoms with Crippen LogP contribution in [0, 0.1) is 0 Å². The van der Waals surface area contributed by atoms with Crippen molar-refractivity contribution in [2.24, 2.45) is 0 Å². The predicted octanol–water partition coefficient (Wildman–Crippen LogP) is 13.6. The molecule has 0 aromatic rings. The Morgan fingerprint density at radius 3 is 1.25 bits per heavy atom. The normalized spacial score (nSPS) is 13.6. The molecular weight excluding hydrogens is 794 g/mol. The number of aliphatic hydroxyl groups is 1. The monoisotopic (exact) mass is 888 g/mol. The minimum absolute atomic E-state index is 0.138.